The van der Waals surface area contributed by atoms with E-state index in [9.17, 15) is 13.2 Å². The maximum Gasteiger partial charge on any atom is 0.255 e. The van der Waals surface area contributed by atoms with E-state index in [0.717, 1.165) is 25.1 Å². The quantitative estimate of drug-likeness (QED) is 0.895. The number of nitrogens with one attached hydrogen (secondary N) is 1. The summed E-state index contributed by atoms with van der Waals surface area (Å²) in [5, 5.41) is 3.33. The Morgan fingerprint density at radius 3 is 2.58 bits per heavy atom. The fourth-order valence-electron chi connectivity index (χ4n) is 4.04. The molecule has 2 aromatic rings. The Bertz CT molecular complexity index is 912. The number of sulfone groups is 1. The van der Waals surface area contributed by atoms with E-state index in [2.05, 4.69) is 5.32 Å². The molecule has 1 amide bonds. The zero-order chi connectivity index (χ0) is 18.1. The normalized spacial score (nSPS) is 22.4. The number of carbonyl (C=O) groups is 1. The molecule has 2 aromatic carbocycles. The van der Waals surface area contributed by atoms with Crippen LogP contribution in [0.25, 0.3) is 0 Å². The van der Waals surface area contributed by atoms with Gasteiger partial charge in [0.2, 0.25) is 0 Å². The largest absolute Gasteiger partial charge is 0.334 e. The first kappa shape index (κ1) is 17.2. The van der Waals surface area contributed by atoms with Gasteiger partial charge in [0.1, 0.15) is 0 Å². The van der Waals surface area contributed by atoms with Crippen molar-refractivity contribution in [1.82, 2.24) is 10.2 Å². The lowest BCUT2D eigenvalue weighted by atomic mass is 10.0. The molecule has 0 unspecified atom stereocenters. The summed E-state index contributed by atoms with van der Waals surface area (Å²) in [7, 11) is -3.60. The van der Waals surface area contributed by atoms with E-state index in [1.807, 2.05) is 23.1 Å². The monoisotopic (exact) mass is 370 g/mol. The third-order valence-electron chi connectivity index (χ3n) is 5.36. The molecule has 0 saturated carbocycles. The molecule has 2 atom stereocenters. The van der Waals surface area contributed by atoms with Crippen LogP contribution in [0.5, 0.6) is 0 Å². The van der Waals surface area contributed by atoms with E-state index in [1.165, 1.54) is 0 Å². The second kappa shape index (κ2) is 6.85. The summed E-state index contributed by atoms with van der Waals surface area (Å²) in [6.07, 6.45) is 0.975. The molecule has 6 heteroatoms. The Hall–Kier alpha value is -2.18. The highest BCUT2D eigenvalue weighted by Crippen LogP contribution is 2.30. The van der Waals surface area contributed by atoms with E-state index in [0.29, 0.717) is 12.5 Å². The van der Waals surface area contributed by atoms with Crippen molar-refractivity contribution in [2.24, 2.45) is 5.92 Å². The van der Waals surface area contributed by atoms with Crippen LogP contribution in [0.2, 0.25) is 0 Å². The highest BCUT2D eigenvalue weighted by atomic mass is 32.2. The molecule has 2 fully saturated rings. The van der Waals surface area contributed by atoms with E-state index in [4.69, 9.17) is 0 Å². The van der Waals surface area contributed by atoms with Crippen LogP contribution in [-0.4, -0.2) is 44.9 Å². The number of amides is 1. The van der Waals surface area contributed by atoms with E-state index in [1.54, 1.807) is 36.4 Å². The predicted molar refractivity (Wildman–Crippen MR) is 99.6 cm³/mol. The van der Waals surface area contributed by atoms with Crippen molar-refractivity contribution in [3.8, 4) is 0 Å². The molecule has 2 aliphatic heterocycles. The standard InChI is InChI=1S/C20H22N2O3S/c23-20(22-11-10-16-12-21-13-18(16)22)17-8-4-5-9-19(17)26(24,25)14-15-6-2-1-3-7-15/h1-9,16,18,21H,10-14H2/t16-,18+/m1/s1. The average molecular weight is 370 g/mol. The molecule has 0 aliphatic carbocycles. The van der Waals surface area contributed by atoms with Crippen LogP contribution in [0.4, 0.5) is 0 Å². The Balaban J connectivity index is 1.65. The smallest absolute Gasteiger partial charge is 0.255 e. The van der Waals surface area contributed by atoms with Gasteiger partial charge < -0.3 is 10.2 Å². The maximum atomic E-state index is 13.1. The molecule has 0 bridgehead atoms. The molecule has 2 aliphatic rings. The molecule has 5 nitrogen and oxygen atoms in total. The van der Waals surface area contributed by atoms with Crippen LogP contribution in [-0.2, 0) is 15.6 Å². The second-order valence-electron chi connectivity index (χ2n) is 7.01. The fraction of sp³-hybridized carbons (Fsp3) is 0.350. The number of likely N-dealkylation sites (tertiary alicyclic amines) is 1. The van der Waals surface area contributed by atoms with Gasteiger partial charge >= 0.3 is 0 Å². The Morgan fingerprint density at radius 1 is 1.04 bits per heavy atom. The molecule has 1 N–H and O–H groups in total. The van der Waals surface area contributed by atoms with Crippen molar-refractivity contribution < 1.29 is 13.2 Å². The number of hydrogen-bond acceptors (Lipinski definition) is 4. The van der Waals surface area contributed by atoms with Gasteiger partial charge in [0.15, 0.2) is 9.84 Å². The average Bonchev–Trinajstić information content (AvgIpc) is 3.25. The lowest BCUT2D eigenvalue weighted by molar-refractivity contribution is 0.0733. The van der Waals surface area contributed by atoms with Crippen LogP contribution in [0.3, 0.4) is 0 Å². The molecular weight excluding hydrogens is 348 g/mol. The van der Waals surface area contributed by atoms with Gasteiger partial charge in [-0.25, -0.2) is 8.42 Å². The highest BCUT2D eigenvalue weighted by molar-refractivity contribution is 7.90. The zero-order valence-corrected chi connectivity index (χ0v) is 15.3. The number of carbonyl (C=O) groups excluding carboxylic acids is 1. The van der Waals surface area contributed by atoms with Gasteiger partial charge in [-0.15, -0.1) is 0 Å². The molecule has 4 rings (SSSR count). The molecule has 136 valence electrons. The second-order valence-corrected chi connectivity index (χ2v) is 8.97. The van der Waals surface area contributed by atoms with Crippen LogP contribution >= 0.6 is 0 Å². The lowest BCUT2D eigenvalue weighted by Crippen LogP contribution is -2.39. The van der Waals surface area contributed by atoms with E-state index >= 15 is 0 Å². The number of nitrogens with zero attached hydrogens (tertiary/aromatic N) is 1. The highest BCUT2D eigenvalue weighted by Gasteiger charge is 2.41. The topological polar surface area (TPSA) is 66.5 Å². The summed E-state index contributed by atoms with van der Waals surface area (Å²) >= 11 is 0. The first-order valence-electron chi connectivity index (χ1n) is 8.94. The maximum absolute atomic E-state index is 13.1. The van der Waals surface area contributed by atoms with Gasteiger partial charge in [-0.05, 0) is 30.0 Å². The summed E-state index contributed by atoms with van der Waals surface area (Å²) in [5.74, 6) is 0.201. The fourth-order valence-corrected chi connectivity index (χ4v) is 5.61. The molecule has 0 aromatic heterocycles. The molecule has 2 heterocycles. The van der Waals surface area contributed by atoms with Crippen molar-refractivity contribution in [2.75, 3.05) is 19.6 Å². The number of fused-ring (bicyclic) bond motifs is 1. The van der Waals surface area contributed by atoms with E-state index < -0.39 is 9.84 Å². The van der Waals surface area contributed by atoms with Crippen LogP contribution in [0, 0.1) is 5.92 Å². The molecule has 0 radical (unpaired) electrons. The Morgan fingerprint density at radius 2 is 1.77 bits per heavy atom. The third-order valence-corrected chi connectivity index (χ3v) is 7.10. The third kappa shape index (κ3) is 3.15. The SMILES string of the molecule is O=C(c1ccccc1S(=O)(=O)Cc1ccccc1)N1CC[C@@H]2CNC[C@@H]21. The Labute approximate surface area is 153 Å². The Kier molecular flexibility index (Phi) is 4.54. The first-order chi connectivity index (χ1) is 12.6. The minimum Gasteiger partial charge on any atom is -0.334 e. The first-order valence-corrected chi connectivity index (χ1v) is 10.6. The lowest BCUT2D eigenvalue weighted by Gasteiger charge is -2.24. The molecule has 2 saturated heterocycles. The minimum absolute atomic E-state index is 0.105. The van der Waals surface area contributed by atoms with Crippen molar-refractivity contribution >= 4 is 15.7 Å². The van der Waals surface area contributed by atoms with Crippen LogP contribution in [0.15, 0.2) is 59.5 Å². The van der Waals surface area contributed by atoms with E-state index in [-0.39, 0.29) is 28.2 Å². The molecule has 26 heavy (non-hydrogen) atoms. The number of rotatable bonds is 4. The summed E-state index contributed by atoms with van der Waals surface area (Å²) in [4.78, 5) is 15.1. The summed E-state index contributed by atoms with van der Waals surface area (Å²) in [6.45, 7) is 2.42. The van der Waals surface area contributed by atoms with Gasteiger partial charge in [-0.1, -0.05) is 42.5 Å². The molecular formula is C20H22N2O3S. The van der Waals surface area contributed by atoms with Crippen molar-refractivity contribution in [2.45, 2.75) is 23.1 Å². The predicted octanol–water partition coefficient (Wildman–Crippen LogP) is 2.09. The summed E-state index contributed by atoms with van der Waals surface area (Å²) in [5.41, 5.74) is 1.01. The van der Waals surface area contributed by atoms with Gasteiger partial charge in [-0.2, -0.15) is 0 Å². The summed E-state index contributed by atoms with van der Waals surface area (Å²) in [6, 6.07) is 15.8. The van der Waals surface area contributed by atoms with Crippen LogP contribution in [0.1, 0.15) is 22.3 Å². The molecule has 0 spiro atoms. The van der Waals surface area contributed by atoms with Gasteiger partial charge in [-0.3, -0.25) is 4.79 Å². The van der Waals surface area contributed by atoms with Gasteiger partial charge in [0, 0.05) is 25.7 Å². The number of hydrogen-bond donors (Lipinski definition) is 1. The van der Waals surface area contributed by atoms with Gasteiger partial charge in [0.05, 0.1) is 16.2 Å². The summed E-state index contributed by atoms with van der Waals surface area (Å²) < 4.78 is 26.0. The number of benzene rings is 2. The minimum atomic E-state index is -3.60. The van der Waals surface area contributed by atoms with Crippen molar-refractivity contribution in [1.29, 1.82) is 0 Å². The van der Waals surface area contributed by atoms with Crippen molar-refractivity contribution in [3.05, 3.63) is 65.7 Å². The van der Waals surface area contributed by atoms with Crippen LogP contribution < -0.4 is 5.32 Å². The van der Waals surface area contributed by atoms with Gasteiger partial charge in [0.25, 0.3) is 5.91 Å². The zero-order valence-electron chi connectivity index (χ0n) is 14.5. The van der Waals surface area contributed by atoms with Crippen molar-refractivity contribution in [3.63, 3.8) is 0 Å².